The molecule has 18 heavy (non-hydrogen) atoms. The van der Waals surface area contributed by atoms with Crippen LogP contribution in [0, 0.1) is 5.92 Å². The fraction of sp³-hybridized carbons (Fsp3) is 0.692. The average Bonchev–Trinajstić information content (AvgIpc) is 2.35. The maximum Gasteiger partial charge on any atom is 0.223 e. The zero-order chi connectivity index (χ0) is 13.5. The van der Waals surface area contributed by atoms with E-state index in [1.807, 2.05) is 13.1 Å². The highest BCUT2D eigenvalue weighted by molar-refractivity contribution is 5.52. The van der Waals surface area contributed by atoms with Crippen LogP contribution >= 0.6 is 0 Å². The molecule has 0 fully saturated rings. The Kier molecular flexibility index (Phi) is 5.68. The molecule has 102 valence electrons. The Balaban J connectivity index is 2.77. The van der Waals surface area contributed by atoms with Gasteiger partial charge in [-0.05, 0) is 12.3 Å². The molecule has 0 radical (unpaired) electrons. The van der Waals surface area contributed by atoms with Gasteiger partial charge >= 0.3 is 0 Å². The lowest BCUT2D eigenvalue weighted by atomic mass is 10.1. The van der Waals surface area contributed by atoms with Crippen molar-refractivity contribution in [2.75, 3.05) is 36.1 Å². The van der Waals surface area contributed by atoms with Gasteiger partial charge in [0.1, 0.15) is 11.6 Å². The normalized spacial score (nSPS) is 12.2. The van der Waals surface area contributed by atoms with E-state index < -0.39 is 0 Å². The van der Waals surface area contributed by atoms with Crippen LogP contribution in [0.1, 0.15) is 33.6 Å². The quantitative estimate of drug-likeness (QED) is 0.778. The fourth-order valence-corrected chi connectivity index (χ4v) is 1.68. The molecule has 1 rings (SSSR count). The smallest absolute Gasteiger partial charge is 0.223 e. The molecule has 0 spiro atoms. The first-order chi connectivity index (χ1) is 8.56. The van der Waals surface area contributed by atoms with Crippen LogP contribution in [0.5, 0.6) is 0 Å². The molecule has 5 heteroatoms. The number of nitrogens with one attached hydrogen (secondary N) is 1. The van der Waals surface area contributed by atoms with Crippen molar-refractivity contribution in [3.63, 3.8) is 0 Å². The summed E-state index contributed by atoms with van der Waals surface area (Å²) in [7, 11) is 2.04. The van der Waals surface area contributed by atoms with Crippen LogP contribution in [0.2, 0.25) is 0 Å². The largest absolute Gasteiger partial charge is 0.370 e. The average molecular weight is 251 g/mol. The molecule has 1 aromatic rings. The second-order valence-corrected chi connectivity index (χ2v) is 4.79. The monoisotopic (exact) mass is 251 g/mol. The van der Waals surface area contributed by atoms with Gasteiger partial charge in [-0.25, -0.2) is 0 Å². The number of rotatable bonds is 7. The van der Waals surface area contributed by atoms with Gasteiger partial charge < -0.3 is 16.0 Å². The molecule has 1 atom stereocenters. The molecule has 0 aliphatic rings. The molecule has 1 aromatic heterocycles. The number of nitrogens with two attached hydrogens (primary N) is 1. The molecular weight excluding hydrogens is 226 g/mol. The molecule has 0 saturated heterocycles. The van der Waals surface area contributed by atoms with Gasteiger partial charge in [-0.3, -0.25) is 0 Å². The third-order valence-electron chi connectivity index (χ3n) is 2.96. The van der Waals surface area contributed by atoms with E-state index in [1.54, 1.807) is 0 Å². The van der Waals surface area contributed by atoms with Crippen molar-refractivity contribution >= 4 is 17.6 Å². The standard InChI is InChI=1S/C13H25N5/c1-5-7-15-11-8-12(17-13(14)16-11)18(4)9-10(3)6-2/h8,10H,5-7,9H2,1-4H3,(H3,14,15,16,17). The van der Waals surface area contributed by atoms with E-state index in [0.29, 0.717) is 11.9 Å². The third-order valence-corrected chi connectivity index (χ3v) is 2.96. The summed E-state index contributed by atoms with van der Waals surface area (Å²) in [6, 6.07) is 1.95. The van der Waals surface area contributed by atoms with Crippen LogP contribution in [0.3, 0.4) is 0 Å². The highest BCUT2D eigenvalue weighted by Gasteiger charge is 2.09. The van der Waals surface area contributed by atoms with E-state index in [-0.39, 0.29) is 0 Å². The summed E-state index contributed by atoms with van der Waals surface area (Å²) >= 11 is 0. The third kappa shape index (κ3) is 4.39. The van der Waals surface area contributed by atoms with Crippen molar-refractivity contribution in [3.8, 4) is 0 Å². The predicted octanol–water partition coefficient (Wildman–Crippen LogP) is 2.36. The van der Waals surface area contributed by atoms with Gasteiger partial charge in [0.2, 0.25) is 5.95 Å². The number of hydrogen-bond acceptors (Lipinski definition) is 5. The van der Waals surface area contributed by atoms with Gasteiger partial charge in [-0.2, -0.15) is 9.97 Å². The van der Waals surface area contributed by atoms with Gasteiger partial charge in [0.25, 0.3) is 0 Å². The molecule has 3 N–H and O–H groups in total. The van der Waals surface area contributed by atoms with E-state index in [9.17, 15) is 0 Å². The molecule has 0 aliphatic carbocycles. The maximum absolute atomic E-state index is 5.74. The van der Waals surface area contributed by atoms with E-state index in [1.165, 1.54) is 0 Å². The van der Waals surface area contributed by atoms with E-state index >= 15 is 0 Å². The summed E-state index contributed by atoms with van der Waals surface area (Å²) in [4.78, 5) is 10.6. The second kappa shape index (κ2) is 7.03. The number of nitrogen functional groups attached to an aromatic ring is 1. The maximum atomic E-state index is 5.74. The Labute approximate surface area is 110 Å². The molecule has 0 saturated carbocycles. The van der Waals surface area contributed by atoms with E-state index in [4.69, 9.17) is 5.73 Å². The SMILES string of the molecule is CCCNc1cc(N(C)CC(C)CC)nc(N)n1. The van der Waals surface area contributed by atoms with Crippen LogP contribution in [0.4, 0.5) is 17.6 Å². The van der Waals surface area contributed by atoms with Gasteiger partial charge in [0, 0.05) is 26.2 Å². The number of hydrogen-bond donors (Lipinski definition) is 2. The minimum Gasteiger partial charge on any atom is -0.370 e. The van der Waals surface area contributed by atoms with Gasteiger partial charge in [-0.1, -0.05) is 27.2 Å². The number of aromatic nitrogens is 2. The van der Waals surface area contributed by atoms with Crippen LogP contribution in [-0.2, 0) is 0 Å². The topological polar surface area (TPSA) is 67.1 Å². The summed E-state index contributed by atoms with van der Waals surface area (Å²) in [5.41, 5.74) is 5.74. The van der Waals surface area contributed by atoms with E-state index in [2.05, 4.69) is 41.0 Å². The Morgan fingerprint density at radius 3 is 2.72 bits per heavy atom. The number of anilines is 3. The minimum atomic E-state index is 0.321. The van der Waals surface area contributed by atoms with Crippen molar-refractivity contribution in [2.45, 2.75) is 33.6 Å². The van der Waals surface area contributed by atoms with Crippen molar-refractivity contribution in [2.24, 2.45) is 5.92 Å². The molecule has 0 aromatic carbocycles. The Morgan fingerprint density at radius 1 is 1.39 bits per heavy atom. The molecular formula is C13H25N5. The highest BCUT2D eigenvalue weighted by atomic mass is 15.2. The zero-order valence-corrected chi connectivity index (χ0v) is 11.9. The fourth-order valence-electron chi connectivity index (χ4n) is 1.68. The highest BCUT2D eigenvalue weighted by Crippen LogP contribution is 2.17. The van der Waals surface area contributed by atoms with E-state index in [0.717, 1.165) is 37.6 Å². The van der Waals surface area contributed by atoms with Crippen LogP contribution < -0.4 is 16.0 Å². The van der Waals surface area contributed by atoms with Gasteiger partial charge in [0.15, 0.2) is 0 Å². The molecule has 5 nitrogen and oxygen atoms in total. The number of nitrogens with zero attached hydrogens (tertiary/aromatic N) is 3. The zero-order valence-electron chi connectivity index (χ0n) is 11.9. The Morgan fingerprint density at radius 2 is 2.11 bits per heavy atom. The summed E-state index contributed by atoms with van der Waals surface area (Å²) in [6.07, 6.45) is 2.22. The van der Waals surface area contributed by atoms with Crippen molar-refractivity contribution in [1.82, 2.24) is 9.97 Å². The van der Waals surface area contributed by atoms with Crippen molar-refractivity contribution < 1.29 is 0 Å². The second-order valence-electron chi connectivity index (χ2n) is 4.79. The van der Waals surface area contributed by atoms with Crippen molar-refractivity contribution in [1.29, 1.82) is 0 Å². The van der Waals surface area contributed by atoms with Crippen LogP contribution in [0.15, 0.2) is 6.07 Å². The minimum absolute atomic E-state index is 0.321. The Hall–Kier alpha value is -1.52. The Bertz CT molecular complexity index is 366. The lowest BCUT2D eigenvalue weighted by Gasteiger charge is -2.22. The van der Waals surface area contributed by atoms with Crippen LogP contribution in [0.25, 0.3) is 0 Å². The van der Waals surface area contributed by atoms with Gasteiger partial charge in [0.05, 0.1) is 0 Å². The lowest BCUT2D eigenvalue weighted by molar-refractivity contribution is 0.557. The van der Waals surface area contributed by atoms with Crippen LogP contribution in [-0.4, -0.2) is 30.1 Å². The summed E-state index contributed by atoms with van der Waals surface area (Å²) < 4.78 is 0. The molecule has 0 amide bonds. The van der Waals surface area contributed by atoms with Gasteiger partial charge in [-0.15, -0.1) is 0 Å². The molecule has 0 aliphatic heterocycles. The predicted molar refractivity (Wildman–Crippen MR) is 78.0 cm³/mol. The molecule has 1 unspecified atom stereocenters. The first kappa shape index (κ1) is 14.5. The summed E-state index contributed by atoms with van der Waals surface area (Å²) in [6.45, 7) is 8.41. The first-order valence-corrected chi connectivity index (χ1v) is 6.66. The van der Waals surface area contributed by atoms with Crippen molar-refractivity contribution in [3.05, 3.63) is 6.07 Å². The summed E-state index contributed by atoms with van der Waals surface area (Å²) in [5.74, 6) is 2.64. The summed E-state index contributed by atoms with van der Waals surface area (Å²) in [5, 5.41) is 3.24. The lowest BCUT2D eigenvalue weighted by Crippen LogP contribution is -2.25. The molecule has 0 bridgehead atoms. The molecule has 1 heterocycles. The first-order valence-electron chi connectivity index (χ1n) is 6.66.